The quantitative estimate of drug-likeness (QED) is 0.578. The normalized spacial score (nSPS) is 17.1. The number of carbonyl (C=O) groups excluding carboxylic acids is 2. The van der Waals surface area contributed by atoms with Gasteiger partial charge in [-0.2, -0.15) is 0 Å². The molecule has 8 heteroatoms. The fraction of sp³-hybridized carbons (Fsp3) is 0.481. The predicted molar refractivity (Wildman–Crippen MR) is 140 cm³/mol. The summed E-state index contributed by atoms with van der Waals surface area (Å²) in [5.41, 5.74) is 2.64. The van der Waals surface area contributed by atoms with E-state index < -0.39 is 5.60 Å². The van der Waals surface area contributed by atoms with E-state index in [2.05, 4.69) is 22.3 Å². The SMILES string of the molecule is CN(C(=O)OC(C)(C)C)C1CN(c2ccc(NC(=O)N3CCC(c4ccc(Cl)cc4)CC3)cc2)C1. The van der Waals surface area contributed by atoms with Gasteiger partial charge in [0.05, 0.1) is 6.04 Å². The Hall–Kier alpha value is -2.93. The van der Waals surface area contributed by atoms with Crippen LogP contribution in [0.15, 0.2) is 48.5 Å². The molecular formula is C27H35ClN4O3. The lowest BCUT2D eigenvalue weighted by Gasteiger charge is -2.45. The zero-order valence-electron chi connectivity index (χ0n) is 21.0. The van der Waals surface area contributed by atoms with Crippen LogP contribution >= 0.6 is 11.6 Å². The van der Waals surface area contributed by atoms with Crippen LogP contribution in [0.4, 0.5) is 21.0 Å². The Morgan fingerprint density at radius 1 is 1.00 bits per heavy atom. The first-order valence-corrected chi connectivity index (χ1v) is 12.6. The second-order valence-electron chi connectivity index (χ2n) is 10.4. The first-order valence-electron chi connectivity index (χ1n) is 12.2. The summed E-state index contributed by atoms with van der Waals surface area (Å²) in [5, 5.41) is 3.77. The molecule has 2 aromatic rings. The minimum absolute atomic E-state index is 0.0599. The van der Waals surface area contributed by atoms with Crippen LogP contribution in [0.5, 0.6) is 0 Å². The number of nitrogens with zero attached hydrogens (tertiary/aromatic N) is 3. The Balaban J connectivity index is 1.22. The number of urea groups is 1. The highest BCUT2D eigenvalue weighted by Gasteiger charge is 2.34. The third-order valence-corrected chi connectivity index (χ3v) is 6.95. The number of hydrogen-bond donors (Lipinski definition) is 1. The van der Waals surface area contributed by atoms with Crippen LogP contribution in [-0.2, 0) is 4.74 Å². The maximum Gasteiger partial charge on any atom is 0.410 e. The molecule has 2 aliphatic rings. The Labute approximate surface area is 213 Å². The standard InChI is InChI=1S/C27H35ClN4O3/c1-27(2,3)35-26(34)30(4)24-17-32(18-24)23-11-9-22(10-12-23)29-25(33)31-15-13-20(14-16-31)19-5-7-21(28)8-6-19/h5-12,20,24H,13-18H2,1-4H3,(H,29,33). The number of halogens is 1. The van der Waals surface area contributed by atoms with Gasteiger partial charge in [-0.25, -0.2) is 9.59 Å². The average Bonchev–Trinajstić information content (AvgIpc) is 2.78. The molecule has 7 nitrogen and oxygen atoms in total. The summed E-state index contributed by atoms with van der Waals surface area (Å²) in [6, 6.07) is 16.0. The second kappa shape index (κ2) is 10.4. The number of anilines is 2. The van der Waals surface area contributed by atoms with Gasteiger partial charge >= 0.3 is 12.1 Å². The van der Waals surface area contributed by atoms with Crippen molar-refractivity contribution in [1.29, 1.82) is 0 Å². The third-order valence-electron chi connectivity index (χ3n) is 6.70. The summed E-state index contributed by atoms with van der Waals surface area (Å²) in [5.74, 6) is 0.463. The van der Waals surface area contributed by atoms with Crippen LogP contribution in [0, 0.1) is 0 Å². The fourth-order valence-corrected chi connectivity index (χ4v) is 4.63. The van der Waals surface area contributed by atoms with Crippen LogP contribution in [0.25, 0.3) is 0 Å². The molecule has 2 aromatic carbocycles. The Morgan fingerprint density at radius 3 is 2.17 bits per heavy atom. The van der Waals surface area contributed by atoms with Crippen molar-refractivity contribution in [2.45, 2.75) is 51.2 Å². The molecular weight excluding hydrogens is 464 g/mol. The van der Waals surface area contributed by atoms with E-state index in [-0.39, 0.29) is 18.2 Å². The molecule has 2 fully saturated rings. The van der Waals surface area contributed by atoms with E-state index in [0.29, 0.717) is 5.92 Å². The van der Waals surface area contributed by atoms with E-state index >= 15 is 0 Å². The van der Waals surface area contributed by atoms with Crippen molar-refractivity contribution < 1.29 is 14.3 Å². The zero-order valence-corrected chi connectivity index (χ0v) is 21.7. The van der Waals surface area contributed by atoms with Gasteiger partial charge in [-0.3, -0.25) is 0 Å². The van der Waals surface area contributed by atoms with Gasteiger partial charge in [-0.15, -0.1) is 0 Å². The number of benzene rings is 2. The molecule has 0 radical (unpaired) electrons. The number of hydrogen-bond acceptors (Lipinski definition) is 4. The summed E-state index contributed by atoms with van der Waals surface area (Å²) in [6.45, 7) is 8.59. The number of ether oxygens (including phenoxy) is 1. The van der Waals surface area contributed by atoms with Crippen molar-refractivity contribution in [3.05, 3.63) is 59.1 Å². The molecule has 0 atom stereocenters. The third kappa shape index (κ3) is 6.40. The maximum absolute atomic E-state index is 12.8. The lowest BCUT2D eigenvalue weighted by atomic mass is 9.89. The highest BCUT2D eigenvalue weighted by molar-refractivity contribution is 6.30. The molecule has 188 valence electrons. The first-order chi connectivity index (χ1) is 16.6. The smallest absolute Gasteiger partial charge is 0.410 e. The van der Waals surface area contributed by atoms with E-state index in [1.165, 1.54) is 5.56 Å². The number of nitrogens with one attached hydrogen (secondary N) is 1. The topological polar surface area (TPSA) is 65.1 Å². The van der Waals surface area contributed by atoms with Gasteiger partial charge in [0.1, 0.15) is 5.60 Å². The molecule has 0 aliphatic carbocycles. The molecule has 2 aliphatic heterocycles. The van der Waals surface area contributed by atoms with E-state index in [1.807, 2.05) is 62.1 Å². The number of piperidine rings is 1. The van der Waals surface area contributed by atoms with Crippen LogP contribution in [-0.4, -0.2) is 66.8 Å². The van der Waals surface area contributed by atoms with E-state index in [0.717, 1.165) is 55.4 Å². The minimum atomic E-state index is -0.498. The van der Waals surface area contributed by atoms with Gasteiger partial charge in [0.15, 0.2) is 0 Å². The molecule has 4 rings (SSSR count). The van der Waals surface area contributed by atoms with Gasteiger partial charge in [-0.1, -0.05) is 23.7 Å². The zero-order chi connectivity index (χ0) is 25.2. The van der Waals surface area contributed by atoms with Crippen LogP contribution in [0.3, 0.4) is 0 Å². The van der Waals surface area contributed by atoms with E-state index in [1.54, 1.807) is 11.9 Å². The van der Waals surface area contributed by atoms with Crippen molar-refractivity contribution in [2.24, 2.45) is 0 Å². The number of likely N-dealkylation sites (tertiary alicyclic amines) is 1. The summed E-state index contributed by atoms with van der Waals surface area (Å²) in [4.78, 5) is 30.8. The molecule has 3 amide bonds. The van der Waals surface area contributed by atoms with Crippen molar-refractivity contribution in [3.63, 3.8) is 0 Å². The summed E-state index contributed by atoms with van der Waals surface area (Å²) < 4.78 is 5.45. The molecule has 0 aromatic heterocycles. The Morgan fingerprint density at radius 2 is 1.60 bits per heavy atom. The predicted octanol–water partition coefficient (Wildman–Crippen LogP) is 5.81. The van der Waals surface area contributed by atoms with E-state index in [4.69, 9.17) is 16.3 Å². The summed E-state index contributed by atoms with van der Waals surface area (Å²) in [6.07, 6.45) is 1.60. The Kier molecular flexibility index (Phi) is 7.45. The first kappa shape index (κ1) is 25.2. The summed E-state index contributed by atoms with van der Waals surface area (Å²) in [7, 11) is 1.78. The molecule has 0 saturated carbocycles. The van der Waals surface area contributed by atoms with E-state index in [9.17, 15) is 9.59 Å². The van der Waals surface area contributed by atoms with Crippen molar-refractivity contribution in [3.8, 4) is 0 Å². The largest absolute Gasteiger partial charge is 0.444 e. The second-order valence-corrected chi connectivity index (χ2v) is 10.9. The highest BCUT2D eigenvalue weighted by Crippen LogP contribution is 2.30. The van der Waals surface area contributed by atoms with Crippen molar-refractivity contribution in [1.82, 2.24) is 9.80 Å². The molecule has 0 bridgehead atoms. The van der Waals surface area contributed by atoms with Gasteiger partial charge < -0.3 is 24.8 Å². The minimum Gasteiger partial charge on any atom is -0.444 e. The number of rotatable bonds is 4. The average molecular weight is 499 g/mol. The lowest BCUT2D eigenvalue weighted by Crippen LogP contribution is -2.60. The molecule has 1 N–H and O–H groups in total. The van der Waals surface area contributed by atoms with Gasteiger partial charge in [0.25, 0.3) is 0 Å². The number of carbonyl (C=O) groups is 2. The lowest BCUT2D eigenvalue weighted by molar-refractivity contribution is 0.0197. The highest BCUT2D eigenvalue weighted by atomic mass is 35.5. The monoisotopic (exact) mass is 498 g/mol. The van der Waals surface area contributed by atoms with Crippen molar-refractivity contribution in [2.75, 3.05) is 43.4 Å². The van der Waals surface area contributed by atoms with Gasteiger partial charge in [-0.05, 0) is 81.5 Å². The molecule has 35 heavy (non-hydrogen) atoms. The van der Waals surface area contributed by atoms with Gasteiger partial charge in [0, 0.05) is 49.6 Å². The van der Waals surface area contributed by atoms with Crippen LogP contribution in [0.2, 0.25) is 5.02 Å². The molecule has 2 heterocycles. The maximum atomic E-state index is 12.8. The van der Waals surface area contributed by atoms with Crippen LogP contribution < -0.4 is 10.2 Å². The van der Waals surface area contributed by atoms with Gasteiger partial charge in [0.2, 0.25) is 0 Å². The van der Waals surface area contributed by atoms with Crippen molar-refractivity contribution >= 4 is 35.1 Å². The fourth-order valence-electron chi connectivity index (χ4n) is 4.50. The molecule has 2 saturated heterocycles. The number of amides is 3. The van der Waals surface area contributed by atoms with Crippen LogP contribution in [0.1, 0.15) is 45.1 Å². The number of likely N-dealkylation sites (N-methyl/N-ethyl adjacent to an activating group) is 1. The molecule has 0 spiro atoms. The Bertz CT molecular complexity index is 1020. The molecule has 0 unspecified atom stereocenters. The summed E-state index contributed by atoms with van der Waals surface area (Å²) >= 11 is 6.00.